The molecule has 0 aliphatic carbocycles. The lowest BCUT2D eigenvalue weighted by Gasteiger charge is -2.23. The van der Waals surface area contributed by atoms with Gasteiger partial charge in [-0.3, -0.25) is 4.70 Å². The van der Waals surface area contributed by atoms with E-state index in [1.807, 2.05) is 18.7 Å². The lowest BCUT2D eigenvalue weighted by atomic mass is 10.0. The summed E-state index contributed by atoms with van der Waals surface area (Å²) in [5, 5.41) is 10.1. The van der Waals surface area contributed by atoms with Crippen molar-refractivity contribution in [3.05, 3.63) is 27.7 Å². The van der Waals surface area contributed by atoms with Gasteiger partial charge in [0.1, 0.15) is 0 Å². The molecule has 3 nitrogen and oxygen atoms in total. The number of anilines is 1. The van der Waals surface area contributed by atoms with Crippen LogP contribution in [0.3, 0.4) is 0 Å². The Bertz CT molecular complexity index is 464. The number of benzene rings is 1. The molecule has 122 valence electrons. The predicted octanol–water partition coefficient (Wildman–Crippen LogP) is 3.58. The highest BCUT2D eigenvalue weighted by Crippen LogP contribution is 2.39. The van der Waals surface area contributed by atoms with E-state index >= 15 is 0 Å². The number of hydrogen-bond acceptors (Lipinski definition) is 3. The minimum atomic E-state index is -4.54. The fourth-order valence-electron chi connectivity index (χ4n) is 1.90. The summed E-state index contributed by atoms with van der Waals surface area (Å²) >= 11 is 3.01. The zero-order valence-electron chi connectivity index (χ0n) is 11.7. The molecule has 0 fully saturated rings. The Morgan fingerprint density at radius 3 is 2.24 bits per heavy atom. The van der Waals surface area contributed by atoms with Crippen LogP contribution in [0.2, 0.25) is 0 Å². The van der Waals surface area contributed by atoms with Crippen molar-refractivity contribution in [2.24, 2.45) is 0 Å². The molecule has 0 aromatic heterocycles. The third-order valence-electron chi connectivity index (χ3n) is 3.17. The van der Waals surface area contributed by atoms with E-state index in [0.717, 1.165) is 19.2 Å². The molecular formula is C13H19BrF4N2O. The van der Waals surface area contributed by atoms with Gasteiger partial charge < -0.3 is 15.7 Å². The third kappa shape index (κ3) is 5.12. The number of hydrogen-bond donors (Lipinski definition) is 2. The molecule has 0 saturated carbocycles. The van der Waals surface area contributed by atoms with Crippen LogP contribution in [-0.4, -0.2) is 29.6 Å². The maximum atomic E-state index is 12.9. The van der Waals surface area contributed by atoms with Crippen molar-refractivity contribution >= 4 is 21.6 Å². The van der Waals surface area contributed by atoms with Crippen LogP contribution in [0, 0.1) is 0 Å². The Hall–Kier alpha value is -0.860. The normalized spacial score (nSPS) is 13.1. The Balaban J connectivity index is 0.00000400. The highest BCUT2D eigenvalue weighted by Gasteiger charge is 2.34. The SMILES string of the molecule is CCN(CC)CC(O)c1cc(Br)c(N)c(C(F)(F)F)c1.F. The number of halogens is 5. The van der Waals surface area contributed by atoms with Gasteiger partial charge in [-0.05, 0) is 46.7 Å². The van der Waals surface area contributed by atoms with Crippen LogP contribution in [0.15, 0.2) is 16.6 Å². The number of nitrogens with two attached hydrogens (primary N) is 1. The predicted molar refractivity (Wildman–Crippen MR) is 78.8 cm³/mol. The van der Waals surface area contributed by atoms with Gasteiger partial charge in [-0.1, -0.05) is 13.8 Å². The monoisotopic (exact) mass is 374 g/mol. The number of rotatable bonds is 5. The summed E-state index contributed by atoms with van der Waals surface area (Å²) < 4.78 is 38.8. The highest BCUT2D eigenvalue weighted by atomic mass is 79.9. The van der Waals surface area contributed by atoms with Crippen molar-refractivity contribution in [1.82, 2.24) is 4.90 Å². The molecule has 0 spiro atoms. The molecule has 0 radical (unpaired) electrons. The molecule has 1 aromatic carbocycles. The van der Waals surface area contributed by atoms with E-state index in [1.54, 1.807) is 0 Å². The first-order chi connectivity index (χ1) is 9.20. The molecule has 1 aromatic rings. The average Bonchev–Trinajstić information content (AvgIpc) is 2.37. The highest BCUT2D eigenvalue weighted by molar-refractivity contribution is 9.10. The third-order valence-corrected chi connectivity index (χ3v) is 3.82. The molecule has 0 aliphatic rings. The van der Waals surface area contributed by atoms with Gasteiger partial charge in [-0.15, -0.1) is 0 Å². The first kappa shape index (κ1) is 20.1. The number of nitrogens with zero attached hydrogens (tertiary/aromatic N) is 1. The maximum absolute atomic E-state index is 12.9. The molecule has 0 saturated heterocycles. The number of likely N-dealkylation sites (N-methyl/N-ethyl adjacent to an activating group) is 1. The minimum absolute atomic E-state index is 0. The largest absolute Gasteiger partial charge is 0.418 e. The Kier molecular flexibility index (Phi) is 7.63. The molecule has 21 heavy (non-hydrogen) atoms. The quantitative estimate of drug-likeness (QED) is 0.611. The average molecular weight is 375 g/mol. The number of aliphatic hydroxyl groups excluding tert-OH is 1. The molecule has 0 bridgehead atoms. The van der Waals surface area contributed by atoms with Crippen LogP contribution in [0.1, 0.15) is 31.1 Å². The fraction of sp³-hybridized carbons (Fsp3) is 0.538. The van der Waals surface area contributed by atoms with Crippen molar-refractivity contribution in [3.63, 3.8) is 0 Å². The van der Waals surface area contributed by atoms with E-state index in [4.69, 9.17) is 5.73 Å². The summed E-state index contributed by atoms with van der Waals surface area (Å²) in [6.45, 7) is 5.57. The van der Waals surface area contributed by atoms with E-state index < -0.39 is 17.8 Å². The summed E-state index contributed by atoms with van der Waals surface area (Å²) in [7, 11) is 0. The molecular weight excluding hydrogens is 356 g/mol. The first-order valence-corrected chi connectivity index (χ1v) is 7.06. The second kappa shape index (κ2) is 7.95. The Morgan fingerprint density at radius 2 is 1.81 bits per heavy atom. The molecule has 0 aliphatic heterocycles. The van der Waals surface area contributed by atoms with Crippen molar-refractivity contribution in [2.75, 3.05) is 25.4 Å². The summed E-state index contributed by atoms with van der Waals surface area (Å²) in [4.78, 5) is 1.93. The maximum Gasteiger partial charge on any atom is 0.418 e. The zero-order valence-corrected chi connectivity index (χ0v) is 13.3. The van der Waals surface area contributed by atoms with Crippen LogP contribution in [0.5, 0.6) is 0 Å². The van der Waals surface area contributed by atoms with E-state index in [2.05, 4.69) is 15.9 Å². The van der Waals surface area contributed by atoms with E-state index in [-0.39, 0.29) is 27.0 Å². The van der Waals surface area contributed by atoms with Gasteiger partial charge in [0.2, 0.25) is 0 Å². The molecule has 1 rings (SSSR count). The lowest BCUT2D eigenvalue weighted by molar-refractivity contribution is -0.137. The second-order valence-electron chi connectivity index (χ2n) is 4.46. The summed E-state index contributed by atoms with van der Waals surface area (Å²) in [6.07, 6.45) is -5.54. The van der Waals surface area contributed by atoms with Gasteiger partial charge in [0, 0.05) is 11.0 Å². The molecule has 3 N–H and O–H groups in total. The van der Waals surface area contributed by atoms with E-state index in [1.165, 1.54) is 6.07 Å². The lowest BCUT2D eigenvalue weighted by Crippen LogP contribution is -2.28. The first-order valence-electron chi connectivity index (χ1n) is 6.27. The van der Waals surface area contributed by atoms with Gasteiger partial charge in [-0.2, -0.15) is 13.2 Å². The molecule has 1 atom stereocenters. The van der Waals surface area contributed by atoms with Crippen LogP contribution in [0.25, 0.3) is 0 Å². The molecule has 8 heteroatoms. The summed E-state index contributed by atoms with van der Waals surface area (Å²) in [5.41, 5.74) is 4.34. The van der Waals surface area contributed by atoms with Crippen molar-refractivity contribution in [1.29, 1.82) is 0 Å². The summed E-state index contributed by atoms with van der Waals surface area (Å²) in [5.74, 6) is 0. The number of alkyl halides is 3. The van der Waals surface area contributed by atoms with Gasteiger partial charge in [0.15, 0.2) is 0 Å². The molecule has 1 unspecified atom stereocenters. The Labute approximate surface area is 129 Å². The summed E-state index contributed by atoms with van der Waals surface area (Å²) in [6, 6.07) is 2.34. The standard InChI is InChI=1S/C13H18BrF3N2O.FH/c1-3-19(4-2)7-11(20)8-5-9(13(15,16)17)12(18)10(14)6-8;/h5-6,11,20H,3-4,7,18H2,1-2H3;1H. The number of aliphatic hydroxyl groups is 1. The Morgan fingerprint density at radius 1 is 1.29 bits per heavy atom. The van der Waals surface area contributed by atoms with Crippen molar-refractivity contribution in [2.45, 2.75) is 26.1 Å². The minimum Gasteiger partial charge on any atom is -0.397 e. The molecule has 0 heterocycles. The molecule has 0 amide bonds. The van der Waals surface area contributed by atoms with Gasteiger partial charge in [0.05, 0.1) is 17.4 Å². The van der Waals surface area contributed by atoms with Crippen LogP contribution >= 0.6 is 15.9 Å². The van der Waals surface area contributed by atoms with Crippen LogP contribution in [0.4, 0.5) is 23.6 Å². The fourth-order valence-corrected chi connectivity index (χ4v) is 2.38. The van der Waals surface area contributed by atoms with Crippen LogP contribution < -0.4 is 5.73 Å². The smallest absolute Gasteiger partial charge is 0.397 e. The van der Waals surface area contributed by atoms with Crippen molar-refractivity contribution < 1.29 is 23.0 Å². The van der Waals surface area contributed by atoms with E-state index in [0.29, 0.717) is 0 Å². The van der Waals surface area contributed by atoms with Crippen molar-refractivity contribution in [3.8, 4) is 0 Å². The van der Waals surface area contributed by atoms with Gasteiger partial charge >= 0.3 is 6.18 Å². The topological polar surface area (TPSA) is 49.5 Å². The van der Waals surface area contributed by atoms with E-state index in [9.17, 15) is 18.3 Å². The van der Waals surface area contributed by atoms with Crippen LogP contribution in [-0.2, 0) is 6.18 Å². The number of nitrogen functional groups attached to an aromatic ring is 1. The second-order valence-corrected chi connectivity index (χ2v) is 5.32. The zero-order chi connectivity index (χ0) is 15.5. The van der Waals surface area contributed by atoms with Gasteiger partial charge in [0.25, 0.3) is 0 Å². The van der Waals surface area contributed by atoms with Gasteiger partial charge in [-0.25, -0.2) is 0 Å².